The summed E-state index contributed by atoms with van der Waals surface area (Å²) in [6.45, 7) is 6.29. The number of hydrogen-bond acceptors (Lipinski definition) is 3. The van der Waals surface area contributed by atoms with Crippen LogP contribution in [0.15, 0.2) is 48.6 Å². The number of carbonyl (C=O) groups excluding carboxylic acids is 1. The van der Waals surface area contributed by atoms with Crippen molar-refractivity contribution in [2.75, 3.05) is 6.61 Å². The van der Waals surface area contributed by atoms with Crippen LogP contribution in [0.1, 0.15) is 111 Å². The second-order valence-corrected chi connectivity index (χ2v) is 7.77. The molecule has 0 radical (unpaired) electrons. The summed E-state index contributed by atoms with van der Waals surface area (Å²) in [5, 5.41) is 8.44. The zero-order valence-electron chi connectivity index (χ0n) is 20.9. The molecule has 4 heteroatoms. The Labute approximate surface area is 197 Å². The van der Waals surface area contributed by atoms with E-state index in [4.69, 9.17) is 9.84 Å². The van der Waals surface area contributed by atoms with Gasteiger partial charge in [-0.3, -0.25) is 9.59 Å². The van der Waals surface area contributed by atoms with E-state index in [1.807, 2.05) is 0 Å². The average Bonchev–Trinajstić information content (AvgIpc) is 2.76. The van der Waals surface area contributed by atoms with Gasteiger partial charge in [0.25, 0.3) is 0 Å². The van der Waals surface area contributed by atoms with E-state index < -0.39 is 5.97 Å². The van der Waals surface area contributed by atoms with E-state index >= 15 is 0 Å². The molecular weight excluding hydrogens is 400 g/mol. The Morgan fingerprint density at radius 3 is 1.56 bits per heavy atom. The van der Waals surface area contributed by atoms with E-state index in [1.54, 1.807) is 0 Å². The minimum Gasteiger partial charge on any atom is -0.481 e. The van der Waals surface area contributed by atoms with Crippen molar-refractivity contribution in [3.05, 3.63) is 48.6 Å². The standard InChI is InChI=1S/2C14H24O2/c1-3-4-5-6-7-8-9-10-11-12-13-16-14(2)15;1-2-3-4-5-6-7-8-9-10-11-12-13-14(15)16/h4-7H,3,8-13H2,1-2H3;3-6H,2,7-13H2,1H3,(H,15,16)/b5-4-,7-6+;4-3-,6-5+. The van der Waals surface area contributed by atoms with Gasteiger partial charge in [0.15, 0.2) is 0 Å². The number of aliphatic carboxylic acids is 1. The first kappa shape index (κ1) is 32.1. The lowest BCUT2D eigenvalue weighted by molar-refractivity contribution is -0.141. The van der Waals surface area contributed by atoms with Crippen molar-refractivity contribution < 1.29 is 19.4 Å². The first-order chi connectivity index (χ1) is 15.5. The first-order valence-corrected chi connectivity index (χ1v) is 12.5. The van der Waals surface area contributed by atoms with Crippen LogP contribution in [0.2, 0.25) is 0 Å². The van der Waals surface area contributed by atoms with Crippen molar-refractivity contribution in [3.8, 4) is 0 Å². The van der Waals surface area contributed by atoms with Gasteiger partial charge < -0.3 is 9.84 Å². The number of rotatable bonds is 19. The number of carboxylic acid groups (broad SMARTS) is 1. The highest BCUT2D eigenvalue weighted by atomic mass is 16.5. The van der Waals surface area contributed by atoms with E-state index in [0.29, 0.717) is 13.0 Å². The number of carbonyl (C=O) groups is 2. The molecule has 0 saturated carbocycles. The first-order valence-electron chi connectivity index (χ1n) is 12.5. The Balaban J connectivity index is 0. The molecule has 0 bridgehead atoms. The maximum absolute atomic E-state index is 10.5. The predicted molar refractivity (Wildman–Crippen MR) is 137 cm³/mol. The third-order valence-electron chi connectivity index (χ3n) is 4.57. The maximum atomic E-state index is 10.5. The van der Waals surface area contributed by atoms with Crippen LogP contribution < -0.4 is 0 Å². The van der Waals surface area contributed by atoms with Crippen LogP contribution in [-0.2, 0) is 14.3 Å². The highest BCUT2D eigenvalue weighted by molar-refractivity contribution is 5.66. The van der Waals surface area contributed by atoms with Crippen molar-refractivity contribution in [1.82, 2.24) is 0 Å². The Bertz CT molecular complexity index is 482. The van der Waals surface area contributed by atoms with E-state index in [-0.39, 0.29) is 5.97 Å². The normalized spacial score (nSPS) is 11.5. The van der Waals surface area contributed by atoms with Crippen LogP contribution >= 0.6 is 0 Å². The van der Waals surface area contributed by atoms with Crippen LogP contribution in [0, 0.1) is 0 Å². The van der Waals surface area contributed by atoms with E-state index in [1.165, 1.54) is 32.6 Å². The number of carboxylic acids is 1. The van der Waals surface area contributed by atoms with Gasteiger partial charge in [0.05, 0.1) is 6.61 Å². The molecule has 0 spiro atoms. The van der Waals surface area contributed by atoms with Gasteiger partial charge in [0.2, 0.25) is 0 Å². The summed E-state index contributed by atoms with van der Waals surface area (Å²) in [6, 6.07) is 0. The van der Waals surface area contributed by atoms with Gasteiger partial charge in [0.1, 0.15) is 0 Å². The summed E-state index contributed by atoms with van der Waals surface area (Å²) >= 11 is 0. The number of unbranched alkanes of at least 4 members (excludes halogenated alkanes) is 9. The van der Waals surface area contributed by atoms with E-state index in [0.717, 1.165) is 57.8 Å². The molecule has 0 amide bonds. The lowest BCUT2D eigenvalue weighted by Crippen LogP contribution is -1.99. The molecule has 0 atom stereocenters. The van der Waals surface area contributed by atoms with Crippen LogP contribution in [-0.4, -0.2) is 23.7 Å². The van der Waals surface area contributed by atoms with Gasteiger partial charge in [-0.25, -0.2) is 0 Å². The lowest BCUT2D eigenvalue weighted by Gasteiger charge is -2.00. The Kier molecular flexibility index (Phi) is 29.0. The maximum Gasteiger partial charge on any atom is 0.303 e. The molecule has 0 aliphatic carbocycles. The summed E-state index contributed by atoms with van der Waals surface area (Å²) in [4.78, 5) is 20.7. The van der Waals surface area contributed by atoms with Crippen molar-refractivity contribution in [2.24, 2.45) is 0 Å². The topological polar surface area (TPSA) is 63.6 Å². The zero-order valence-corrected chi connectivity index (χ0v) is 20.9. The molecular formula is C28H48O4. The Morgan fingerprint density at radius 1 is 0.656 bits per heavy atom. The monoisotopic (exact) mass is 448 g/mol. The Hall–Kier alpha value is -2.10. The van der Waals surface area contributed by atoms with Gasteiger partial charge in [-0.05, 0) is 51.4 Å². The highest BCUT2D eigenvalue weighted by Crippen LogP contribution is 2.07. The summed E-state index contributed by atoms with van der Waals surface area (Å²) in [5.41, 5.74) is 0. The molecule has 0 aliphatic heterocycles. The third-order valence-corrected chi connectivity index (χ3v) is 4.57. The number of esters is 1. The third kappa shape index (κ3) is 35.3. The van der Waals surface area contributed by atoms with Crippen LogP contribution in [0.3, 0.4) is 0 Å². The van der Waals surface area contributed by atoms with Gasteiger partial charge in [0, 0.05) is 13.3 Å². The van der Waals surface area contributed by atoms with Crippen LogP contribution in [0.4, 0.5) is 0 Å². The molecule has 0 saturated heterocycles. The number of ether oxygens (including phenoxy) is 1. The minimum absolute atomic E-state index is 0.175. The van der Waals surface area contributed by atoms with Gasteiger partial charge in [-0.15, -0.1) is 0 Å². The van der Waals surface area contributed by atoms with Crippen molar-refractivity contribution in [2.45, 2.75) is 111 Å². The molecule has 0 fully saturated rings. The van der Waals surface area contributed by atoms with Crippen LogP contribution in [0.25, 0.3) is 0 Å². The van der Waals surface area contributed by atoms with Gasteiger partial charge >= 0.3 is 11.9 Å². The van der Waals surface area contributed by atoms with Crippen molar-refractivity contribution in [3.63, 3.8) is 0 Å². The molecule has 0 aromatic heterocycles. The predicted octanol–water partition coefficient (Wildman–Crippen LogP) is 8.35. The molecule has 32 heavy (non-hydrogen) atoms. The smallest absolute Gasteiger partial charge is 0.303 e. The largest absolute Gasteiger partial charge is 0.481 e. The summed E-state index contributed by atoms with van der Waals surface area (Å²) in [6.07, 6.45) is 31.9. The summed E-state index contributed by atoms with van der Waals surface area (Å²) < 4.78 is 4.85. The number of hydrogen-bond donors (Lipinski definition) is 1. The van der Waals surface area contributed by atoms with E-state index in [2.05, 4.69) is 62.5 Å². The molecule has 0 heterocycles. The lowest BCUT2D eigenvalue weighted by atomic mass is 10.1. The van der Waals surface area contributed by atoms with Gasteiger partial charge in [-0.2, -0.15) is 0 Å². The second-order valence-electron chi connectivity index (χ2n) is 7.77. The van der Waals surface area contributed by atoms with Crippen molar-refractivity contribution >= 4 is 11.9 Å². The molecule has 1 N–H and O–H groups in total. The summed E-state index contributed by atoms with van der Waals surface area (Å²) in [5.74, 6) is -0.851. The highest BCUT2D eigenvalue weighted by Gasteiger charge is 1.95. The Morgan fingerprint density at radius 2 is 1.09 bits per heavy atom. The minimum atomic E-state index is -0.675. The quantitative estimate of drug-likeness (QED) is 0.122. The molecule has 0 aromatic carbocycles. The van der Waals surface area contributed by atoms with Crippen molar-refractivity contribution in [1.29, 1.82) is 0 Å². The fourth-order valence-corrected chi connectivity index (χ4v) is 2.78. The van der Waals surface area contributed by atoms with Gasteiger partial charge in [-0.1, -0.05) is 94.6 Å². The summed E-state index contributed by atoms with van der Waals surface area (Å²) in [7, 11) is 0. The SMILES string of the molecule is CC/C=C\C=C\CCCCCCCC(=O)O.CC/C=C\C=C\CCCCCCOC(C)=O. The molecule has 184 valence electrons. The molecule has 0 unspecified atom stereocenters. The van der Waals surface area contributed by atoms with Crippen LogP contribution in [0.5, 0.6) is 0 Å². The van der Waals surface area contributed by atoms with E-state index in [9.17, 15) is 9.59 Å². The molecule has 0 aliphatic rings. The second kappa shape index (κ2) is 28.9. The zero-order chi connectivity index (χ0) is 24.1. The molecule has 0 aromatic rings. The molecule has 0 rings (SSSR count). The number of allylic oxidation sites excluding steroid dienone is 8. The molecule has 4 nitrogen and oxygen atoms in total. The fourth-order valence-electron chi connectivity index (χ4n) is 2.78. The fraction of sp³-hybridized carbons (Fsp3) is 0.643. The average molecular weight is 449 g/mol.